The molecule has 1 nitrogen and oxygen atoms in total. The zero-order valence-electron chi connectivity index (χ0n) is 17.1. The fourth-order valence-corrected chi connectivity index (χ4v) is 2.32. The van der Waals surface area contributed by atoms with Gasteiger partial charge in [-0.25, -0.2) is 0 Å². The maximum Gasteiger partial charge on any atom is 0.0247 e. The molecule has 0 spiro atoms. The summed E-state index contributed by atoms with van der Waals surface area (Å²) in [6.45, 7) is 17.7. The molecule has 1 aromatic carbocycles. The summed E-state index contributed by atoms with van der Waals surface area (Å²) in [4.78, 5) is 2.18. The molecular formula is C23H41N. The first-order chi connectivity index (χ1) is 11.7. The van der Waals surface area contributed by atoms with Crippen LogP contribution >= 0.6 is 0 Å². The summed E-state index contributed by atoms with van der Waals surface area (Å²) in [6.07, 6.45) is 12.5. The van der Waals surface area contributed by atoms with Crippen LogP contribution in [0.15, 0.2) is 55.4 Å². The molecule has 0 unspecified atom stereocenters. The molecular weight excluding hydrogens is 290 g/mol. The van der Waals surface area contributed by atoms with Crippen LogP contribution in [0.25, 0.3) is 0 Å². The average Bonchev–Trinajstić information content (AvgIpc) is 2.67. The van der Waals surface area contributed by atoms with E-state index in [2.05, 4.69) is 68.8 Å². The molecule has 1 rings (SSSR count). The van der Waals surface area contributed by atoms with Gasteiger partial charge in [0.25, 0.3) is 0 Å². The van der Waals surface area contributed by atoms with E-state index in [4.69, 9.17) is 0 Å². The molecule has 0 heterocycles. The van der Waals surface area contributed by atoms with Crippen LogP contribution in [0.5, 0.6) is 0 Å². The molecule has 1 aromatic rings. The lowest BCUT2D eigenvalue weighted by atomic mass is 9.99. The van der Waals surface area contributed by atoms with Crippen molar-refractivity contribution in [2.45, 2.75) is 73.6 Å². The molecule has 0 aliphatic heterocycles. The number of unbranched alkanes of at least 4 members (excludes halogenated alkanes) is 1. The summed E-state index contributed by atoms with van der Waals surface area (Å²) in [5, 5.41) is 0. The third-order valence-corrected chi connectivity index (χ3v) is 3.84. The van der Waals surface area contributed by atoms with E-state index in [9.17, 15) is 0 Å². The Hall–Kier alpha value is -1.50. The predicted molar refractivity (Wildman–Crippen MR) is 112 cm³/mol. The van der Waals surface area contributed by atoms with E-state index in [-0.39, 0.29) is 0 Å². The molecule has 1 heteroatoms. The molecule has 0 saturated carbocycles. The Morgan fingerprint density at radius 1 is 1.08 bits per heavy atom. The monoisotopic (exact) mass is 331 g/mol. The Morgan fingerprint density at radius 3 is 2.08 bits per heavy atom. The number of nitrogens with zero attached hydrogens (tertiary/aromatic N) is 1. The first-order valence-corrected chi connectivity index (χ1v) is 9.76. The van der Waals surface area contributed by atoms with Crippen LogP contribution in [0.2, 0.25) is 0 Å². The van der Waals surface area contributed by atoms with Crippen molar-refractivity contribution in [2.75, 3.05) is 6.54 Å². The number of hydrogen-bond acceptors (Lipinski definition) is 1. The van der Waals surface area contributed by atoms with Crippen molar-refractivity contribution in [1.82, 2.24) is 4.90 Å². The van der Waals surface area contributed by atoms with Crippen LogP contribution in [0.1, 0.15) is 72.8 Å². The second-order valence-electron chi connectivity index (χ2n) is 5.62. The minimum atomic E-state index is 0.809. The van der Waals surface area contributed by atoms with Crippen molar-refractivity contribution in [1.29, 1.82) is 0 Å². The van der Waals surface area contributed by atoms with Crippen molar-refractivity contribution in [3.8, 4) is 0 Å². The van der Waals surface area contributed by atoms with Gasteiger partial charge in [-0.2, -0.15) is 0 Å². The minimum Gasteiger partial charge on any atom is -0.355 e. The first-order valence-electron chi connectivity index (χ1n) is 9.76. The van der Waals surface area contributed by atoms with Crippen LogP contribution in [0.3, 0.4) is 0 Å². The van der Waals surface area contributed by atoms with Crippen LogP contribution in [-0.4, -0.2) is 11.4 Å². The Kier molecular flexibility index (Phi) is 20.2. The zero-order chi connectivity index (χ0) is 18.6. The third-order valence-electron chi connectivity index (χ3n) is 3.84. The van der Waals surface area contributed by atoms with Crippen molar-refractivity contribution in [3.05, 3.63) is 61.0 Å². The van der Waals surface area contributed by atoms with E-state index in [1.807, 2.05) is 33.0 Å². The fraction of sp³-hybridized carbons (Fsp3) is 0.565. The largest absolute Gasteiger partial charge is 0.355 e. The van der Waals surface area contributed by atoms with Gasteiger partial charge >= 0.3 is 0 Å². The highest BCUT2D eigenvalue weighted by Crippen LogP contribution is 2.14. The van der Waals surface area contributed by atoms with Crippen molar-refractivity contribution < 1.29 is 0 Å². The van der Waals surface area contributed by atoms with Crippen LogP contribution in [0, 0.1) is 5.92 Å². The van der Waals surface area contributed by atoms with Gasteiger partial charge in [-0.15, -0.1) is 0 Å². The lowest BCUT2D eigenvalue weighted by Gasteiger charge is -2.22. The zero-order valence-corrected chi connectivity index (χ0v) is 17.1. The number of hydrogen-bond donors (Lipinski definition) is 0. The van der Waals surface area contributed by atoms with E-state index in [1.54, 1.807) is 0 Å². The SMILES string of the molecule is C=CN(/C=C\C)C[C@H](CC)CCCC.CC.CCc1ccccc1. The molecule has 0 aromatic heterocycles. The van der Waals surface area contributed by atoms with Gasteiger partial charge in [0.2, 0.25) is 0 Å². The predicted octanol–water partition coefficient (Wildman–Crippen LogP) is 7.46. The van der Waals surface area contributed by atoms with Crippen LogP contribution in [-0.2, 0) is 6.42 Å². The number of allylic oxidation sites excluding steroid dienone is 1. The summed E-state index contributed by atoms with van der Waals surface area (Å²) in [5.41, 5.74) is 1.41. The molecule has 138 valence electrons. The standard InChI is InChI=1S/C13H25N.C8H10.C2H6/c1-5-9-10-13(7-3)12-14(8-4)11-6-2;1-2-8-6-4-3-5-7-8;1-2/h6,8,11,13H,4-5,7,9-10,12H2,1-3H3;3-7H,2H2,1H3;1-2H3/b11-6-;;/t13-;;/m1../s1. The van der Waals surface area contributed by atoms with Crippen molar-refractivity contribution >= 4 is 0 Å². The van der Waals surface area contributed by atoms with Crippen LogP contribution in [0.4, 0.5) is 0 Å². The highest BCUT2D eigenvalue weighted by atomic mass is 15.1. The molecule has 0 fully saturated rings. The van der Waals surface area contributed by atoms with Gasteiger partial charge in [0, 0.05) is 6.54 Å². The molecule has 1 atom stereocenters. The molecule has 0 amide bonds. The van der Waals surface area contributed by atoms with E-state index < -0.39 is 0 Å². The van der Waals surface area contributed by atoms with Gasteiger partial charge in [0.05, 0.1) is 0 Å². The topological polar surface area (TPSA) is 3.24 Å². The second kappa shape index (κ2) is 19.5. The van der Waals surface area contributed by atoms with E-state index in [0.717, 1.165) is 18.9 Å². The molecule has 24 heavy (non-hydrogen) atoms. The second-order valence-corrected chi connectivity index (χ2v) is 5.62. The first kappa shape index (κ1) is 24.7. The van der Waals surface area contributed by atoms with Crippen molar-refractivity contribution in [3.63, 3.8) is 0 Å². The highest BCUT2D eigenvalue weighted by molar-refractivity contribution is 5.13. The van der Waals surface area contributed by atoms with Gasteiger partial charge in [0.1, 0.15) is 0 Å². The lowest BCUT2D eigenvalue weighted by Crippen LogP contribution is -2.19. The Bertz CT molecular complexity index is 380. The minimum absolute atomic E-state index is 0.809. The fourth-order valence-electron chi connectivity index (χ4n) is 2.32. The van der Waals surface area contributed by atoms with E-state index >= 15 is 0 Å². The van der Waals surface area contributed by atoms with Crippen molar-refractivity contribution in [2.24, 2.45) is 5.92 Å². The Morgan fingerprint density at radius 2 is 1.71 bits per heavy atom. The van der Waals surface area contributed by atoms with Gasteiger partial charge in [-0.05, 0) is 43.6 Å². The average molecular weight is 332 g/mol. The summed E-state index contributed by atoms with van der Waals surface area (Å²) < 4.78 is 0. The maximum absolute atomic E-state index is 3.82. The molecule has 0 N–H and O–H groups in total. The summed E-state index contributed by atoms with van der Waals surface area (Å²) in [6, 6.07) is 10.5. The normalized spacial score (nSPS) is 10.9. The molecule has 0 bridgehead atoms. The number of benzene rings is 1. The van der Waals surface area contributed by atoms with E-state index in [1.165, 1.54) is 31.2 Å². The van der Waals surface area contributed by atoms with Gasteiger partial charge in [-0.1, -0.05) is 96.9 Å². The molecule has 0 radical (unpaired) electrons. The third kappa shape index (κ3) is 14.1. The summed E-state index contributed by atoms with van der Waals surface area (Å²) in [5.74, 6) is 0.809. The van der Waals surface area contributed by atoms with E-state index in [0.29, 0.717) is 0 Å². The quantitative estimate of drug-likeness (QED) is 0.454. The number of aryl methyl sites for hydroxylation is 1. The summed E-state index contributed by atoms with van der Waals surface area (Å²) in [7, 11) is 0. The highest BCUT2D eigenvalue weighted by Gasteiger charge is 2.07. The molecule has 0 saturated heterocycles. The van der Waals surface area contributed by atoms with Gasteiger partial charge < -0.3 is 4.90 Å². The van der Waals surface area contributed by atoms with Crippen LogP contribution < -0.4 is 0 Å². The Balaban J connectivity index is 0. The van der Waals surface area contributed by atoms with Gasteiger partial charge in [-0.3, -0.25) is 0 Å². The Labute approximate surface area is 152 Å². The number of rotatable bonds is 9. The smallest absolute Gasteiger partial charge is 0.0247 e. The lowest BCUT2D eigenvalue weighted by molar-refractivity contribution is 0.347. The van der Waals surface area contributed by atoms with Gasteiger partial charge in [0.15, 0.2) is 0 Å². The molecule has 0 aliphatic carbocycles. The maximum atomic E-state index is 3.82. The molecule has 0 aliphatic rings. The summed E-state index contributed by atoms with van der Waals surface area (Å²) >= 11 is 0.